The van der Waals surface area contributed by atoms with Gasteiger partial charge in [-0.2, -0.15) is 0 Å². The highest BCUT2D eigenvalue weighted by atomic mass is 16.6. The number of carbonyl (C=O) groups excluding carboxylic acids is 1. The molecule has 19 heavy (non-hydrogen) atoms. The normalized spacial score (nSPS) is 10.3. The second-order valence-corrected chi connectivity index (χ2v) is 4.25. The third-order valence-electron chi connectivity index (χ3n) is 2.35. The molecule has 0 heterocycles. The average Bonchev–Trinajstić information content (AvgIpc) is 2.34. The lowest BCUT2D eigenvalue weighted by Gasteiger charge is -2.13. The summed E-state index contributed by atoms with van der Waals surface area (Å²) in [5, 5.41) is 15.4. The van der Waals surface area contributed by atoms with Gasteiger partial charge in [0.25, 0.3) is 11.6 Å². The van der Waals surface area contributed by atoms with E-state index < -0.39 is 4.92 Å². The number of hydrogen-bond acceptors (Lipinski definition) is 5. The van der Waals surface area contributed by atoms with Crippen molar-refractivity contribution < 1.29 is 9.72 Å². The topological polar surface area (TPSA) is 87.5 Å². The molecule has 1 rings (SSSR count). The predicted molar refractivity (Wildman–Crippen MR) is 73.0 cm³/mol. The fraction of sp³-hybridized carbons (Fsp3) is 0.417. The van der Waals surface area contributed by atoms with Gasteiger partial charge in [0, 0.05) is 32.3 Å². The van der Waals surface area contributed by atoms with Crippen molar-refractivity contribution in [2.24, 2.45) is 0 Å². The lowest BCUT2D eigenvalue weighted by atomic mass is 10.1. The maximum absolute atomic E-state index is 11.8. The van der Waals surface area contributed by atoms with Gasteiger partial charge < -0.3 is 5.32 Å². The smallest absolute Gasteiger partial charge is 0.292 e. The van der Waals surface area contributed by atoms with E-state index in [-0.39, 0.29) is 11.6 Å². The molecule has 104 valence electrons. The molecule has 0 aliphatic heterocycles. The molecule has 7 nitrogen and oxygen atoms in total. The van der Waals surface area contributed by atoms with Crippen molar-refractivity contribution in [3.8, 4) is 0 Å². The number of hydrazine groups is 1. The Morgan fingerprint density at radius 2 is 2.11 bits per heavy atom. The highest BCUT2D eigenvalue weighted by Crippen LogP contribution is 2.25. The molecule has 0 aromatic heterocycles. The van der Waals surface area contributed by atoms with E-state index >= 15 is 0 Å². The number of amides is 1. The van der Waals surface area contributed by atoms with Crippen LogP contribution in [0, 0.1) is 10.1 Å². The average molecular weight is 266 g/mol. The third kappa shape index (κ3) is 4.22. The zero-order valence-electron chi connectivity index (χ0n) is 11.3. The standard InChI is InChI=1S/C12H18N4O3/c1-4-7-13-10-8-9(12(17)14-15(2)3)5-6-11(10)16(18)19/h5-6,8,13H,4,7H2,1-3H3,(H,14,17). The number of nitro benzene ring substituents is 1. The summed E-state index contributed by atoms with van der Waals surface area (Å²) in [6.07, 6.45) is 0.839. The molecule has 7 heteroatoms. The molecule has 0 atom stereocenters. The van der Waals surface area contributed by atoms with Gasteiger partial charge in [-0.05, 0) is 18.6 Å². The van der Waals surface area contributed by atoms with Crippen LogP contribution < -0.4 is 10.7 Å². The first-order chi connectivity index (χ1) is 8.95. The van der Waals surface area contributed by atoms with Crippen LogP contribution in [0.25, 0.3) is 0 Å². The van der Waals surface area contributed by atoms with Gasteiger partial charge in [-0.1, -0.05) is 6.92 Å². The van der Waals surface area contributed by atoms with Crippen LogP contribution in [0.4, 0.5) is 11.4 Å². The molecule has 1 amide bonds. The Kier molecular flexibility index (Phi) is 5.25. The lowest BCUT2D eigenvalue weighted by Crippen LogP contribution is -2.36. The maximum atomic E-state index is 11.8. The van der Waals surface area contributed by atoms with Gasteiger partial charge >= 0.3 is 0 Å². The van der Waals surface area contributed by atoms with Gasteiger partial charge in [0.2, 0.25) is 0 Å². The second-order valence-electron chi connectivity index (χ2n) is 4.25. The van der Waals surface area contributed by atoms with E-state index in [1.807, 2.05) is 6.92 Å². The minimum Gasteiger partial charge on any atom is -0.379 e. The van der Waals surface area contributed by atoms with Gasteiger partial charge in [-0.3, -0.25) is 20.3 Å². The first-order valence-electron chi connectivity index (χ1n) is 5.96. The Morgan fingerprint density at radius 3 is 2.63 bits per heavy atom. The Labute approximate surface area is 111 Å². The van der Waals surface area contributed by atoms with Crippen molar-refractivity contribution in [3.63, 3.8) is 0 Å². The van der Waals surface area contributed by atoms with Gasteiger partial charge in [0.05, 0.1) is 4.92 Å². The number of hydrogen-bond donors (Lipinski definition) is 2. The number of carbonyl (C=O) groups is 1. The lowest BCUT2D eigenvalue weighted by molar-refractivity contribution is -0.384. The van der Waals surface area contributed by atoms with E-state index in [1.165, 1.54) is 23.2 Å². The minimum absolute atomic E-state index is 0.0325. The Morgan fingerprint density at radius 1 is 1.42 bits per heavy atom. The summed E-state index contributed by atoms with van der Waals surface area (Å²) in [5.41, 5.74) is 3.29. The van der Waals surface area contributed by atoms with Crippen LogP contribution in [-0.2, 0) is 0 Å². The van der Waals surface area contributed by atoms with E-state index in [0.717, 1.165) is 6.42 Å². The molecule has 0 saturated carbocycles. The van der Waals surface area contributed by atoms with Crippen molar-refractivity contribution in [1.82, 2.24) is 10.4 Å². The quantitative estimate of drug-likeness (QED) is 0.603. The van der Waals surface area contributed by atoms with Crippen LogP contribution in [0.5, 0.6) is 0 Å². The Balaban J connectivity index is 3.03. The number of anilines is 1. The summed E-state index contributed by atoms with van der Waals surface area (Å²) in [6.45, 7) is 2.57. The number of benzene rings is 1. The zero-order chi connectivity index (χ0) is 14.4. The van der Waals surface area contributed by atoms with Crippen LogP contribution in [0.3, 0.4) is 0 Å². The Bertz CT molecular complexity index is 474. The largest absolute Gasteiger partial charge is 0.379 e. The van der Waals surface area contributed by atoms with E-state index in [1.54, 1.807) is 14.1 Å². The van der Waals surface area contributed by atoms with Crippen molar-refractivity contribution in [1.29, 1.82) is 0 Å². The summed E-state index contributed by atoms with van der Waals surface area (Å²) in [4.78, 5) is 22.2. The molecule has 1 aromatic carbocycles. The number of rotatable bonds is 6. The molecule has 2 N–H and O–H groups in total. The SMILES string of the molecule is CCCNc1cc(C(=O)NN(C)C)ccc1[N+](=O)[O-]. The molecule has 0 aliphatic carbocycles. The molecule has 0 saturated heterocycles. The van der Waals surface area contributed by atoms with Crippen LogP contribution >= 0.6 is 0 Å². The van der Waals surface area contributed by atoms with Gasteiger partial charge in [0.15, 0.2) is 0 Å². The van der Waals surface area contributed by atoms with Crippen molar-refractivity contribution in [2.45, 2.75) is 13.3 Å². The molecule has 1 aromatic rings. The summed E-state index contributed by atoms with van der Waals surface area (Å²) < 4.78 is 0. The molecule has 0 aliphatic rings. The van der Waals surface area contributed by atoms with Gasteiger partial charge in [-0.15, -0.1) is 0 Å². The number of nitro groups is 1. The summed E-state index contributed by atoms with van der Waals surface area (Å²) in [6, 6.07) is 4.27. The van der Waals surface area contributed by atoms with E-state index in [9.17, 15) is 14.9 Å². The second kappa shape index (κ2) is 6.69. The van der Waals surface area contributed by atoms with Crippen LogP contribution in [0.1, 0.15) is 23.7 Å². The van der Waals surface area contributed by atoms with Crippen molar-refractivity contribution in [3.05, 3.63) is 33.9 Å². The predicted octanol–water partition coefficient (Wildman–Crippen LogP) is 1.62. The molecule has 0 bridgehead atoms. The molecule has 0 unspecified atom stereocenters. The minimum atomic E-state index is -0.467. The summed E-state index contributed by atoms with van der Waals surface area (Å²) >= 11 is 0. The Hall–Kier alpha value is -2.15. The van der Waals surface area contributed by atoms with Crippen LogP contribution in [0.2, 0.25) is 0 Å². The summed E-state index contributed by atoms with van der Waals surface area (Å²) in [7, 11) is 3.39. The van der Waals surface area contributed by atoms with Crippen LogP contribution in [0.15, 0.2) is 18.2 Å². The monoisotopic (exact) mass is 266 g/mol. The summed E-state index contributed by atoms with van der Waals surface area (Å²) in [5.74, 6) is -0.306. The van der Waals surface area contributed by atoms with Crippen LogP contribution in [-0.4, -0.2) is 36.5 Å². The first kappa shape index (κ1) is 14.9. The molecule has 0 fully saturated rings. The van der Waals surface area contributed by atoms with E-state index in [2.05, 4.69) is 10.7 Å². The molecular weight excluding hydrogens is 248 g/mol. The fourth-order valence-corrected chi connectivity index (χ4v) is 1.51. The highest BCUT2D eigenvalue weighted by Gasteiger charge is 2.16. The van der Waals surface area contributed by atoms with Gasteiger partial charge in [0.1, 0.15) is 5.69 Å². The first-order valence-corrected chi connectivity index (χ1v) is 5.96. The molecular formula is C12H18N4O3. The van der Waals surface area contributed by atoms with E-state index in [0.29, 0.717) is 17.8 Å². The maximum Gasteiger partial charge on any atom is 0.292 e. The number of nitrogens with zero attached hydrogens (tertiary/aromatic N) is 2. The third-order valence-corrected chi connectivity index (χ3v) is 2.35. The molecule has 0 radical (unpaired) electrons. The highest BCUT2D eigenvalue weighted by molar-refractivity contribution is 5.95. The van der Waals surface area contributed by atoms with E-state index in [4.69, 9.17) is 0 Å². The van der Waals surface area contributed by atoms with Crippen molar-refractivity contribution in [2.75, 3.05) is 26.0 Å². The van der Waals surface area contributed by atoms with Crippen molar-refractivity contribution >= 4 is 17.3 Å². The van der Waals surface area contributed by atoms with Gasteiger partial charge in [-0.25, -0.2) is 5.01 Å². The fourth-order valence-electron chi connectivity index (χ4n) is 1.51. The number of nitrogens with one attached hydrogen (secondary N) is 2. The zero-order valence-corrected chi connectivity index (χ0v) is 11.3. The molecule has 0 spiro atoms.